The minimum Gasteiger partial charge on any atom is -0.345 e. The Morgan fingerprint density at radius 1 is 1.06 bits per heavy atom. The summed E-state index contributed by atoms with van der Waals surface area (Å²) in [6, 6.07) is 19.3. The molecule has 1 unspecified atom stereocenters. The molecule has 1 heterocycles. The van der Waals surface area contributed by atoms with Gasteiger partial charge in [0.25, 0.3) is 5.91 Å². The highest BCUT2D eigenvalue weighted by Crippen LogP contribution is 2.23. The molecule has 2 N–H and O–H groups in total. The molecular formula is C24H20ClFN6O2. The smallest absolute Gasteiger partial charge is 0.253 e. The van der Waals surface area contributed by atoms with E-state index in [1.807, 2.05) is 30.3 Å². The summed E-state index contributed by atoms with van der Waals surface area (Å²) in [4.78, 5) is 25.7. The van der Waals surface area contributed by atoms with E-state index in [0.717, 1.165) is 5.56 Å². The van der Waals surface area contributed by atoms with Crippen molar-refractivity contribution in [1.29, 1.82) is 0 Å². The van der Waals surface area contributed by atoms with Crippen molar-refractivity contribution in [2.24, 2.45) is 0 Å². The molecular weight excluding hydrogens is 459 g/mol. The number of nitrogens with zero attached hydrogens (tertiary/aromatic N) is 4. The van der Waals surface area contributed by atoms with Gasteiger partial charge in [0.05, 0.1) is 23.0 Å². The molecule has 2 amide bonds. The number of aryl methyl sites for hydroxylation is 1. The normalized spacial score (nSPS) is 11.6. The molecule has 34 heavy (non-hydrogen) atoms. The zero-order chi connectivity index (χ0) is 24.1. The molecule has 4 rings (SSSR count). The van der Waals surface area contributed by atoms with Gasteiger partial charge in [0, 0.05) is 5.69 Å². The number of hydrogen-bond acceptors (Lipinski definition) is 5. The molecule has 10 heteroatoms. The van der Waals surface area contributed by atoms with Crippen LogP contribution in [0, 0.1) is 12.7 Å². The molecule has 4 aromatic rings. The van der Waals surface area contributed by atoms with E-state index < -0.39 is 17.8 Å². The lowest BCUT2D eigenvalue weighted by Gasteiger charge is -2.19. The predicted molar refractivity (Wildman–Crippen MR) is 125 cm³/mol. The van der Waals surface area contributed by atoms with E-state index in [-0.39, 0.29) is 18.0 Å². The number of carbonyl (C=O) groups excluding carboxylic acids is 2. The Kier molecular flexibility index (Phi) is 6.93. The average Bonchev–Trinajstić information content (AvgIpc) is 3.26. The van der Waals surface area contributed by atoms with Gasteiger partial charge in [0.2, 0.25) is 5.91 Å². The topological polar surface area (TPSA) is 102 Å². The van der Waals surface area contributed by atoms with Crippen molar-refractivity contribution in [2.75, 3.05) is 5.32 Å². The van der Waals surface area contributed by atoms with E-state index in [9.17, 15) is 14.0 Å². The lowest BCUT2D eigenvalue weighted by Crippen LogP contribution is -2.31. The largest absolute Gasteiger partial charge is 0.345 e. The quantitative estimate of drug-likeness (QED) is 0.413. The molecule has 0 bridgehead atoms. The van der Waals surface area contributed by atoms with Crippen LogP contribution >= 0.6 is 11.6 Å². The van der Waals surface area contributed by atoms with Gasteiger partial charge in [0.1, 0.15) is 11.5 Å². The molecule has 0 fully saturated rings. The number of benzene rings is 3. The van der Waals surface area contributed by atoms with Crippen LogP contribution in [0.2, 0.25) is 5.02 Å². The van der Waals surface area contributed by atoms with Gasteiger partial charge >= 0.3 is 0 Å². The van der Waals surface area contributed by atoms with Crippen molar-refractivity contribution in [3.05, 3.63) is 101 Å². The number of amides is 2. The van der Waals surface area contributed by atoms with Crippen LogP contribution in [0.1, 0.15) is 34.2 Å². The fraction of sp³-hybridized carbons (Fsp3) is 0.125. The number of tetrazole rings is 1. The predicted octanol–water partition coefficient (Wildman–Crippen LogP) is 4.26. The lowest BCUT2D eigenvalue weighted by molar-refractivity contribution is -0.116. The highest BCUT2D eigenvalue weighted by Gasteiger charge is 2.21. The Labute approximate surface area is 199 Å². The number of aromatic nitrogens is 4. The molecule has 0 saturated heterocycles. The first-order valence-corrected chi connectivity index (χ1v) is 10.8. The van der Waals surface area contributed by atoms with Crippen molar-refractivity contribution in [3.63, 3.8) is 0 Å². The number of anilines is 1. The van der Waals surface area contributed by atoms with E-state index in [4.69, 9.17) is 11.6 Å². The molecule has 0 spiro atoms. The van der Waals surface area contributed by atoms with Gasteiger partial charge in [-0.15, -0.1) is 5.10 Å². The summed E-state index contributed by atoms with van der Waals surface area (Å²) in [5.74, 6) is -0.916. The molecule has 0 aliphatic heterocycles. The Bertz CT molecular complexity index is 1330. The Balaban J connectivity index is 1.53. The number of carbonyl (C=O) groups is 2. The number of hydrogen-bond donors (Lipinski definition) is 2. The first-order valence-electron chi connectivity index (χ1n) is 10.4. The summed E-state index contributed by atoms with van der Waals surface area (Å²) in [6.45, 7) is 1.64. The van der Waals surface area contributed by atoms with E-state index in [1.165, 1.54) is 22.9 Å². The summed E-state index contributed by atoms with van der Waals surface area (Å²) < 4.78 is 15.6. The minimum absolute atomic E-state index is 0.0587. The maximum absolute atomic E-state index is 14.3. The Hall–Kier alpha value is -4.11. The number of nitrogens with one attached hydrogen (secondary N) is 2. The van der Waals surface area contributed by atoms with Gasteiger partial charge in [-0.25, -0.2) is 4.39 Å². The van der Waals surface area contributed by atoms with Crippen molar-refractivity contribution in [3.8, 4) is 5.69 Å². The van der Waals surface area contributed by atoms with E-state index >= 15 is 0 Å². The Morgan fingerprint density at radius 2 is 1.79 bits per heavy atom. The van der Waals surface area contributed by atoms with Gasteiger partial charge in [-0.1, -0.05) is 54.1 Å². The zero-order valence-corrected chi connectivity index (χ0v) is 18.8. The molecule has 0 aliphatic rings. The second-order valence-corrected chi connectivity index (χ2v) is 7.88. The fourth-order valence-electron chi connectivity index (χ4n) is 3.42. The van der Waals surface area contributed by atoms with Crippen LogP contribution in [0.5, 0.6) is 0 Å². The SMILES string of the molecule is Cc1nnnn1-c1cc(NC(=O)CC(NC(=O)c2ccccc2Cl)c2ccccc2)ccc1F. The van der Waals surface area contributed by atoms with Crippen LogP contribution in [0.25, 0.3) is 5.69 Å². The third kappa shape index (κ3) is 5.26. The summed E-state index contributed by atoms with van der Waals surface area (Å²) in [6.07, 6.45) is -0.0587. The monoisotopic (exact) mass is 478 g/mol. The van der Waals surface area contributed by atoms with Gasteiger partial charge in [-0.2, -0.15) is 4.68 Å². The summed E-state index contributed by atoms with van der Waals surface area (Å²) >= 11 is 6.16. The van der Waals surface area contributed by atoms with Crippen molar-refractivity contribution in [2.45, 2.75) is 19.4 Å². The molecule has 3 aromatic carbocycles. The first-order chi connectivity index (χ1) is 16.4. The highest BCUT2D eigenvalue weighted by molar-refractivity contribution is 6.33. The summed E-state index contributed by atoms with van der Waals surface area (Å²) in [5, 5.41) is 17.0. The van der Waals surface area contributed by atoms with Gasteiger partial charge in [0.15, 0.2) is 5.82 Å². The molecule has 172 valence electrons. The van der Waals surface area contributed by atoms with Crippen LogP contribution in [0.3, 0.4) is 0 Å². The standard InChI is InChI=1S/C24H20ClFN6O2/c1-15-29-30-31-32(15)22-13-17(11-12-20(22)26)27-23(33)14-21(16-7-3-2-4-8-16)28-24(34)18-9-5-6-10-19(18)25/h2-13,21H,14H2,1H3,(H,27,33)(H,28,34). The van der Waals surface area contributed by atoms with Crippen LogP contribution in [-0.4, -0.2) is 32.0 Å². The van der Waals surface area contributed by atoms with Gasteiger partial charge in [-0.3, -0.25) is 9.59 Å². The van der Waals surface area contributed by atoms with Gasteiger partial charge < -0.3 is 10.6 Å². The maximum atomic E-state index is 14.3. The zero-order valence-electron chi connectivity index (χ0n) is 18.1. The Morgan fingerprint density at radius 3 is 2.50 bits per heavy atom. The fourth-order valence-corrected chi connectivity index (χ4v) is 3.64. The second kappa shape index (κ2) is 10.2. The molecule has 0 aliphatic carbocycles. The van der Waals surface area contributed by atoms with Crippen molar-refractivity contribution >= 4 is 29.1 Å². The lowest BCUT2D eigenvalue weighted by atomic mass is 10.0. The van der Waals surface area contributed by atoms with Gasteiger partial charge in [-0.05, 0) is 53.2 Å². The summed E-state index contributed by atoms with van der Waals surface area (Å²) in [7, 11) is 0. The van der Waals surface area contributed by atoms with E-state index in [1.54, 1.807) is 31.2 Å². The average molecular weight is 479 g/mol. The number of rotatable bonds is 7. The van der Waals surface area contributed by atoms with E-state index in [2.05, 4.69) is 26.2 Å². The minimum atomic E-state index is -0.619. The van der Waals surface area contributed by atoms with Crippen LogP contribution in [0.4, 0.5) is 10.1 Å². The van der Waals surface area contributed by atoms with Crippen LogP contribution < -0.4 is 10.6 Å². The molecule has 1 aromatic heterocycles. The summed E-state index contributed by atoms with van der Waals surface area (Å²) in [5.41, 5.74) is 1.53. The maximum Gasteiger partial charge on any atom is 0.253 e. The van der Waals surface area contributed by atoms with Crippen molar-refractivity contribution in [1.82, 2.24) is 25.5 Å². The van der Waals surface area contributed by atoms with Crippen molar-refractivity contribution < 1.29 is 14.0 Å². The molecule has 8 nitrogen and oxygen atoms in total. The first kappa shape index (κ1) is 23.1. The molecule has 1 atom stereocenters. The van der Waals surface area contributed by atoms with Crippen LogP contribution in [0.15, 0.2) is 72.8 Å². The molecule has 0 radical (unpaired) electrons. The third-order valence-corrected chi connectivity index (χ3v) is 5.43. The number of halogens is 2. The van der Waals surface area contributed by atoms with E-state index in [0.29, 0.717) is 22.1 Å². The second-order valence-electron chi connectivity index (χ2n) is 7.47. The third-order valence-electron chi connectivity index (χ3n) is 5.10. The highest BCUT2D eigenvalue weighted by atomic mass is 35.5. The molecule has 0 saturated carbocycles. The van der Waals surface area contributed by atoms with Crippen LogP contribution in [-0.2, 0) is 4.79 Å².